The van der Waals surface area contributed by atoms with Gasteiger partial charge in [-0.05, 0) is 18.2 Å². The Balaban J connectivity index is 2.62. The number of carbonyl (C=O) groups excluding carboxylic acids is 1. The normalized spacial score (nSPS) is 10.4. The Hall–Kier alpha value is -1.39. The average Bonchev–Trinajstić information content (AvgIpc) is 2.29. The fourth-order valence-corrected chi connectivity index (χ4v) is 1.56. The Morgan fingerprint density at radius 2 is 1.81 bits per heavy atom. The molecule has 4 nitrogen and oxygen atoms in total. The summed E-state index contributed by atoms with van der Waals surface area (Å²) in [5.74, 6) is -0.185. The summed E-state index contributed by atoms with van der Waals surface area (Å²) in [7, 11) is 1.56. The zero-order chi connectivity index (χ0) is 11.7. The maximum Gasteiger partial charge on any atom is 0.251 e. The molecule has 0 atom stereocenters. The van der Waals surface area contributed by atoms with Crippen molar-refractivity contribution in [2.75, 3.05) is 7.05 Å². The molecule has 0 aliphatic carbocycles. The van der Waals surface area contributed by atoms with E-state index in [4.69, 9.17) is 23.2 Å². The number of hydrogen-bond acceptors (Lipinski definition) is 3. The maximum atomic E-state index is 11.4. The molecule has 0 spiro atoms. The summed E-state index contributed by atoms with van der Waals surface area (Å²) >= 11 is 11.5. The standard InChI is InChI=1S/C10H7Cl2N3O/c1-13-10(16)5-2-3-6-7(4-5)15-9(12)8(11)14-6/h2-4H,1H3,(H,13,16). The van der Waals surface area contributed by atoms with Gasteiger partial charge < -0.3 is 5.32 Å². The molecule has 0 aliphatic rings. The lowest BCUT2D eigenvalue weighted by Gasteiger charge is -2.02. The molecule has 0 unspecified atom stereocenters. The van der Waals surface area contributed by atoms with Gasteiger partial charge in [0.1, 0.15) is 0 Å². The molecule has 1 aromatic heterocycles. The van der Waals surface area contributed by atoms with E-state index in [0.29, 0.717) is 16.6 Å². The van der Waals surface area contributed by atoms with E-state index in [0.717, 1.165) is 0 Å². The van der Waals surface area contributed by atoms with Crippen molar-refractivity contribution in [2.24, 2.45) is 0 Å². The van der Waals surface area contributed by atoms with Crippen molar-refractivity contribution in [2.45, 2.75) is 0 Å². The lowest BCUT2D eigenvalue weighted by Crippen LogP contribution is -2.17. The number of rotatable bonds is 1. The summed E-state index contributed by atoms with van der Waals surface area (Å²) in [6.45, 7) is 0. The Morgan fingerprint density at radius 3 is 2.44 bits per heavy atom. The molecule has 0 aliphatic heterocycles. The van der Waals surface area contributed by atoms with Crippen LogP contribution in [-0.2, 0) is 0 Å². The van der Waals surface area contributed by atoms with Crippen LogP contribution in [0.3, 0.4) is 0 Å². The van der Waals surface area contributed by atoms with Gasteiger partial charge in [0.2, 0.25) is 0 Å². The molecule has 6 heteroatoms. The summed E-state index contributed by atoms with van der Waals surface area (Å²) < 4.78 is 0. The first-order valence-corrected chi connectivity index (χ1v) is 5.22. The second kappa shape index (κ2) is 4.23. The first kappa shape index (κ1) is 11.1. The zero-order valence-electron chi connectivity index (χ0n) is 8.29. The van der Waals surface area contributed by atoms with E-state index in [1.165, 1.54) is 0 Å². The Labute approximate surface area is 102 Å². The molecule has 0 saturated heterocycles. The molecule has 16 heavy (non-hydrogen) atoms. The van der Waals surface area contributed by atoms with Crippen molar-refractivity contribution in [1.82, 2.24) is 15.3 Å². The third-order valence-corrected chi connectivity index (χ3v) is 2.70. The van der Waals surface area contributed by atoms with Gasteiger partial charge in [-0.1, -0.05) is 23.2 Å². The van der Waals surface area contributed by atoms with Crippen molar-refractivity contribution in [3.63, 3.8) is 0 Å². The molecule has 1 aromatic carbocycles. The van der Waals surface area contributed by atoms with Gasteiger partial charge >= 0.3 is 0 Å². The summed E-state index contributed by atoms with van der Waals surface area (Å²) in [6.07, 6.45) is 0. The van der Waals surface area contributed by atoms with E-state index < -0.39 is 0 Å². The number of nitrogens with one attached hydrogen (secondary N) is 1. The SMILES string of the molecule is CNC(=O)c1ccc2nc(Cl)c(Cl)nc2c1. The molecule has 0 saturated carbocycles. The van der Waals surface area contributed by atoms with Gasteiger partial charge in [0, 0.05) is 12.6 Å². The first-order valence-electron chi connectivity index (χ1n) is 4.46. The summed E-state index contributed by atoms with van der Waals surface area (Å²) in [5, 5.41) is 2.81. The van der Waals surface area contributed by atoms with Crippen LogP contribution < -0.4 is 5.32 Å². The van der Waals surface area contributed by atoms with Crippen LogP contribution in [0.1, 0.15) is 10.4 Å². The minimum Gasteiger partial charge on any atom is -0.355 e. The maximum absolute atomic E-state index is 11.4. The highest BCUT2D eigenvalue weighted by molar-refractivity contribution is 6.40. The summed E-state index contributed by atoms with van der Waals surface area (Å²) in [5.41, 5.74) is 1.64. The summed E-state index contributed by atoms with van der Waals surface area (Å²) in [6, 6.07) is 4.94. The molecule has 2 rings (SSSR count). The minimum atomic E-state index is -0.185. The molecule has 1 N–H and O–H groups in total. The third-order valence-electron chi connectivity index (χ3n) is 2.07. The number of benzene rings is 1. The molecule has 2 aromatic rings. The van der Waals surface area contributed by atoms with Gasteiger partial charge in [0.15, 0.2) is 10.3 Å². The van der Waals surface area contributed by atoms with Crippen LogP contribution in [0.4, 0.5) is 0 Å². The number of hydrogen-bond donors (Lipinski definition) is 1. The van der Waals surface area contributed by atoms with E-state index in [1.54, 1.807) is 25.2 Å². The third kappa shape index (κ3) is 1.94. The Kier molecular flexibility index (Phi) is 2.94. The lowest BCUT2D eigenvalue weighted by molar-refractivity contribution is 0.0963. The van der Waals surface area contributed by atoms with Crippen LogP contribution >= 0.6 is 23.2 Å². The monoisotopic (exact) mass is 255 g/mol. The van der Waals surface area contributed by atoms with Crippen LogP contribution in [0.5, 0.6) is 0 Å². The van der Waals surface area contributed by atoms with Crippen molar-refractivity contribution >= 4 is 40.1 Å². The number of carbonyl (C=O) groups is 1. The topological polar surface area (TPSA) is 54.9 Å². The van der Waals surface area contributed by atoms with Gasteiger partial charge in [0.05, 0.1) is 11.0 Å². The predicted octanol–water partition coefficient (Wildman–Crippen LogP) is 2.30. The minimum absolute atomic E-state index is 0.128. The largest absolute Gasteiger partial charge is 0.355 e. The van der Waals surface area contributed by atoms with Gasteiger partial charge in [-0.25, -0.2) is 9.97 Å². The number of amides is 1. The highest BCUT2D eigenvalue weighted by Gasteiger charge is 2.08. The smallest absolute Gasteiger partial charge is 0.251 e. The second-order valence-corrected chi connectivity index (χ2v) is 3.80. The first-order chi connectivity index (χ1) is 7.61. The summed E-state index contributed by atoms with van der Waals surface area (Å²) in [4.78, 5) is 19.5. The average molecular weight is 256 g/mol. The van der Waals surface area contributed by atoms with Crippen molar-refractivity contribution in [3.8, 4) is 0 Å². The number of aromatic nitrogens is 2. The van der Waals surface area contributed by atoms with E-state index in [2.05, 4.69) is 15.3 Å². The zero-order valence-corrected chi connectivity index (χ0v) is 9.80. The van der Waals surface area contributed by atoms with E-state index in [-0.39, 0.29) is 16.2 Å². The highest BCUT2D eigenvalue weighted by atomic mass is 35.5. The van der Waals surface area contributed by atoms with Crippen LogP contribution in [0.25, 0.3) is 11.0 Å². The number of halogens is 2. The van der Waals surface area contributed by atoms with Gasteiger partial charge in [0.25, 0.3) is 5.91 Å². The van der Waals surface area contributed by atoms with Gasteiger partial charge in [-0.3, -0.25) is 4.79 Å². The Bertz CT molecular complexity index is 571. The van der Waals surface area contributed by atoms with Crippen molar-refractivity contribution in [1.29, 1.82) is 0 Å². The molecule has 1 heterocycles. The molecule has 0 bridgehead atoms. The fourth-order valence-electron chi connectivity index (χ4n) is 1.30. The molecule has 1 amide bonds. The van der Waals surface area contributed by atoms with E-state index in [1.807, 2.05) is 0 Å². The predicted molar refractivity (Wildman–Crippen MR) is 62.9 cm³/mol. The van der Waals surface area contributed by atoms with Crippen LogP contribution in [-0.4, -0.2) is 22.9 Å². The number of nitrogens with zero attached hydrogens (tertiary/aromatic N) is 2. The van der Waals surface area contributed by atoms with Crippen LogP contribution in [0.2, 0.25) is 10.3 Å². The van der Waals surface area contributed by atoms with E-state index in [9.17, 15) is 4.79 Å². The van der Waals surface area contributed by atoms with E-state index >= 15 is 0 Å². The fraction of sp³-hybridized carbons (Fsp3) is 0.100. The van der Waals surface area contributed by atoms with Crippen molar-refractivity contribution < 1.29 is 4.79 Å². The van der Waals surface area contributed by atoms with Gasteiger partial charge in [-0.2, -0.15) is 0 Å². The molecule has 82 valence electrons. The quantitative estimate of drug-likeness (QED) is 0.851. The van der Waals surface area contributed by atoms with Gasteiger partial charge in [-0.15, -0.1) is 0 Å². The Morgan fingerprint density at radius 1 is 1.19 bits per heavy atom. The molecule has 0 radical (unpaired) electrons. The molecular weight excluding hydrogens is 249 g/mol. The van der Waals surface area contributed by atoms with Crippen LogP contribution in [0.15, 0.2) is 18.2 Å². The second-order valence-electron chi connectivity index (χ2n) is 3.09. The number of fused-ring (bicyclic) bond motifs is 1. The lowest BCUT2D eigenvalue weighted by atomic mass is 10.2. The molecular formula is C10H7Cl2N3O. The molecule has 0 fully saturated rings. The highest BCUT2D eigenvalue weighted by Crippen LogP contribution is 2.21. The van der Waals surface area contributed by atoms with Crippen LogP contribution in [0, 0.1) is 0 Å². The van der Waals surface area contributed by atoms with Crippen molar-refractivity contribution in [3.05, 3.63) is 34.1 Å².